The second-order valence-corrected chi connectivity index (χ2v) is 3.67. The number of carbonyl (C=O) groups is 3. The third-order valence-electron chi connectivity index (χ3n) is 2.06. The van der Waals surface area contributed by atoms with E-state index in [2.05, 4.69) is 4.74 Å². The first-order valence-electron chi connectivity index (χ1n) is 5.06. The fourth-order valence-corrected chi connectivity index (χ4v) is 1.06. The monoisotopic (exact) mass is 248 g/mol. The number of aliphatic hydroxyl groups is 2. The molecule has 0 aliphatic carbocycles. The Bertz CT molecular complexity index is 269. The van der Waals surface area contributed by atoms with E-state index < -0.39 is 23.8 Å². The zero-order valence-corrected chi connectivity index (χ0v) is 10.6. The van der Waals surface area contributed by atoms with Crippen molar-refractivity contribution in [1.29, 1.82) is 0 Å². The van der Waals surface area contributed by atoms with Crippen molar-refractivity contribution in [3.05, 3.63) is 0 Å². The predicted octanol–water partition coefficient (Wildman–Crippen LogP) is -0.295. The normalized spacial score (nSPS) is 12.8. The van der Waals surface area contributed by atoms with Crippen LogP contribution in [0.5, 0.6) is 0 Å². The SMILES string of the molecule is CC(C)=O.COC(=O)C(CO)(CCO)C(C)=O. The van der Waals surface area contributed by atoms with Gasteiger partial charge in [0.05, 0.1) is 13.7 Å². The maximum atomic E-state index is 11.2. The van der Waals surface area contributed by atoms with Gasteiger partial charge in [0.1, 0.15) is 11.6 Å². The summed E-state index contributed by atoms with van der Waals surface area (Å²) in [6.07, 6.45) is -0.120. The highest BCUT2D eigenvalue weighted by Gasteiger charge is 2.43. The highest BCUT2D eigenvalue weighted by Crippen LogP contribution is 2.24. The molecule has 0 rings (SSSR count). The van der Waals surface area contributed by atoms with E-state index in [4.69, 9.17) is 10.2 Å². The van der Waals surface area contributed by atoms with Gasteiger partial charge in [0.15, 0.2) is 5.41 Å². The van der Waals surface area contributed by atoms with Crippen LogP contribution < -0.4 is 0 Å². The third-order valence-corrected chi connectivity index (χ3v) is 2.06. The molecule has 17 heavy (non-hydrogen) atoms. The topological polar surface area (TPSA) is 101 Å². The third kappa shape index (κ3) is 6.13. The molecular formula is C11H20O6. The molecule has 100 valence electrons. The number of ketones is 2. The van der Waals surface area contributed by atoms with Gasteiger partial charge in [0, 0.05) is 6.61 Å². The van der Waals surface area contributed by atoms with Gasteiger partial charge < -0.3 is 19.7 Å². The fourth-order valence-electron chi connectivity index (χ4n) is 1.06. The molecule has 1 unspecified atom stereocenters. The molecule has 0 aromatic carbocycles. The first-order chi connectivity index (χ1) is 7.78. The lowest BCUT2D eigenvalue weighted by Crippen LogP contribution is -2.43. The van der Waals surface area contributed by atoms with E-state index in [-0.39, 0.29) is 18.8 Å². The summed E-state index contributed by atoms with van der Waals surface area (Å²) in [7, 11) is 1.13. The standard InChI is InChI=1S/C8H14O5.C3H6O/c1-6(11)8(5-10,3-4-9)7(12)13-2;1-3(2)4/h9-10H,3-5H2,1-2H3;1-2H3. The highest BCUT2D eigenvalue weighted by molar-refractivity contribution is 6.02. The van der Waals surface area contributed by atoms with E-state index in [1.165, 1.54) is 20.8 Å². The fraction of sp³-hybridized carbons (Fsp3) is 0.727. The van der Waals surface area contributed by atoms with Crippen molar-refractivity contribution >= 4 is 17.5 Å². The Morgan fingerprint density at radius 1 is 1.12 bits per heavy atom. The first-order valence-corrected chi connectivity index (χ1v) is 5.06. The molecule has 6 nitrogen and oxygen atoms in total. The molecule has 0 bridgehead atoms. The number of rotatable bonds is 5. The molecule has 0 amide bonds. The van der Waals surface area contributed by atoms with Gasteiger partial charge in [-0.3, -0.25) is 9.59 Å². The van der Waals surface area contributed by atoms with Crippen LogP contribution in [0.2, 0.25) is 0 Å². The Morgan fingerprint density at radius 3 is 1.71 bits per heavy atom. The summed E-state index contributed by atoms with van der Waals surface area (Å²) >= 11 is 0. The van der Waals surface area contributed by atoms with Gasteiger partial charge in [-0.1, -0.05) is 0 Å². The maximum absolute atomic E-state index is 11.2. The summed E-state index contributed by atoms with van der Waals surface area (Å²) in [5.74, 6) is -1.15. The van der Waals surface area contributed by atoms with Gasteiger partial charge in [0.25, 0.3) is 0 Å². The largest absolute Gasteiger partial charge is 0.468 e. The van der Waals surface area contributed by atoms with Crippen LogP contribution in [-0.4, -0.2) is 48.1 Å². The van der Waals surface area contributed by atoms with Crippen molar-refractivity contribution in [2.45, 2.75) is 27.2 Å². The van der Waals surface area contributed by atoms with Gasteiger partial charge in [0.2, 0.25) is 0 Å². The Labute approximate surface area is 101 Å². The second-order valence-electron chi connectivity index (χ2n) is 3.67. The zero-order chi connectivity index (χ0) is 14.1. The Morgan fingerprint density at radius 2 is 1.53 bits per heavy atom. The quantitative estimate of drug-likeness (QED) is 0.512. The molecule has 0 spiro atoms. The van der Waals surface area contributed by atoms with Crippen LogP contribution in [0.25, 0.3) is 0 Å². The molecule has 0 radical (unpaired) electrons. The lowest BCUT2D eigenvalue weighted by atomic mass is 9.82. The average molecular weight is 248 g/mol. The number of aliphatic hydroxyl groups excluding tert-OH is 2. The predicted molar refractivity (Wildman–Crippen MR) is 60.3 cm³/mol. The smallest absolute Gasteiger partial charge is 0.321 e. The van der Waals surface area contributed by atoms with Gasteiger partial charge in [-0.25, -0.2) is 0 Å². The molecule has 6 heteroatoms. The van der Waals surface area contributed by atoms with Gasteiger partial charge in [-0.2, -0.15) is 0 Å². The van der Waals surface area contributed by atoms with Crippen LogP contribution >= 0.6 is 0 Å². The molecule has 0 heterocycles. The first kappa shape index (κ1) is 18.1. The summed E-state index contributed by atoms with van der Waals surface area (Å²) in [6.45, 7) is 3.24. The van der Waals surface area contributed by atoms with Crippen molar-refractivity contribution in [3.63, 3.8) is 0 Å². The molecule has 0 fully saturated rings. The molecule has 1 atom stereocenters. The number of Topliss-reactive ketones (excluding diaryl/α,β-unsaturated/α-hetero) is 2. The van der Waals surface area contributed by atoms with Crippen molar-refractivity contribution in [2.75, 3.05) is 20.3 Å². The molecular weight excluding hydrogens is 228 g/mol. The van der Waals surface area contributed by atoms with Gasteiger partial charge in [-0.15, -0.1) is 0 Å². The van der Waals surface area contributed by atoms with E-state index in [1.54, 1.807) is 0 Å². The summed E-state index contributed by atoms with van der Waals surface area (Å²) in [4.78, 5) is 31.7. The van der Waals surface area contributed by atoms with E-state index in [0.717, 1.165) is 7.11 Å². The summed E-state index contributed by atoms with van der Waals surface area (Å²) in [5, 5.41) is 17.6. The zero-order valence-electron chi connectivity index (χ0n) is 10.6. The van der Waals surface area contributed by atoms with Crippen molar-refractivity contribution in [3.8, 4) is 0 Å². The lowest BCUT2D eigenvalue weighted by Gasteiger charge is -2.24. The molecule has 2 N–H and O–H groups in total. The van der Waals surface area contributed by atoms with Crippen LogP contribution in [0.4, 0.5) is 0 Å². The van der Waals surface area contributed by atoms with E-state index in [0.29, 0.717) is 0 Å². The minimum Gasteiger partial charge on any atom is -0.468 e. The van der Waals surface area contributed by atoms with Crippen molar-refractivity contribution in [1.82, 2.24) is 0 Å². The Kier molecular flexibility index (Phi) is 9.41. The number of hydrogen-bond donors (Lipinski definition) is 2. The van der Waals surface area contributed by atoms with E-state index in [1.807, 2.05) is 0 Å². The average Bonchev–Trinajstić information content (AvgIpc) is 2.23. The number of methoxy groups -OCH3 is 1. The number of hydrogen-bond acceptors (Lipinski definition) is 6. The number of ether oxygens (including phenoxy) is 1. The van der Waals surface area contributed by atoms with Gasteiger partial charge >= 0.3 is 5.97 Å². The van der Waals surface area contributed by atoms with Crippen LogP contribution in [0.3, 0.4) is 0 Å². The van der Waals surface area contributed by atoms with Crippen LogP contribution in [0, 0.1) is 5.41 Å². The minimum absolute atomic E-state index is 0.120. The summed E-state index contributed by atoms with van der Waals surface area (Å²) in [5.41, 5.74) is -1.59. The van der Waals surface area contributed by atoms with E-state index >= 15 is 0 Å². The summed E-state index contributed by atoms with van der Waals surface area (Å²) < 4.78 is 4.39. The lowest BCUT2D eigenvalue weighted by molar-refractivity contribution is -0.161. The molecule has 0 saturated heterocycles. The van der Waals surface area contributed by atoms with Gasteiger partial charge in [-0.05, 0) is 27.2 Å². The van der Waals surface area contributed by atoms with Crippen molar-refractivity contribution < 1.29 is 29.3 Å². The Balaban J connectivity index is 0. The van der Waals surface area contributed by atoms with Crippen molar-refractivity contribution in [2.24, 2.45) is 5.41 Å². The minimum atomic E-state index is -1.59. The summed E-state index contributed by atoms with van der Waals surface area (Å²) in [6, 6.07) is 0. The number of carbonyl (C=O) groups excluding carboxylic acids is 3. The highest BCUT2D eigenvalue weighted by atomic mass is 16.5. The Hall–Kier alpha value is -1.27. The molecule has 0 aromatic heterocycles. The van der Waals surface area contributed by atoms with Crippen LogP contribution in [-0.2, 0) is 19.1 Å². The molecule has 0 saturated carbocycles. The van der Waals surface area contributed by atoms with Crippen LogP contribution in [0.1, 0.15) is 27.2 Å². The number of esters is 1. The molecule has 0 aliphatic rings. The molecule has 0 aliphatic heterocycles. The maximum Gasteiger partial charge on any atom is 0.321 e. The van der Waals surface area contributed by atoms with E-state index in [9.17, 15) is 14.4 Å². The molecule has 0 aromatic rings. The van der Waals surface area contributed by atoms with Crippen LogP contribution in [0.15, 0.2) is 0 Å². The second kappa shape index (κ2) is 8.83.